The second-order valence-electron chi connectivity index (χ2n) is 7.24. The molecule has 0 spiro atoms. The van der Waals surface area contributed by atoms with Gasteiger partial charge in [-0.3, -0.25) is 4.99 Å². The van der Waals surface area contributed by atoms with E-state index in [0.29, 0.717) is 10.6 Å². The fourth-order valence-electron chi connectivity index (χ4n) is 3.33. The number of hydrogen-bond acceptors (Lipinski definition) is 4. The molecule has 0 amide bonds. The molecule has 31 heavy (non-hydrogen) atoms. The molecule has 0 unspecified atom stereocenters. The number of rotatable bonds is 5. The van der Waals surface area contributed by atoms with Crippen molar-refractivity contribution in [3.63, 3.8) is 0 Å². The van der Waals surface area contributed by atoms with E-state index in [1.165, 1.54) is 24.3 Å². The van der Waals surface area contributed by atoms with E-state index >= 15 is 0 Å². The van der Waals surface area contributed by atoms with Gasteiger partial charge in [-0.2, -0.15) is 8.42 Å². The predicted octanol–water partition coefficient (Wildman–Crippen LogP) is 6.63. The second kappa shape index (κ2) is 8.53. The molecule has 0 aliphatic rings. The molecule has 0 N–H and O–H groups in total. The van der Waals surface area contributed by atoms with Crippen LogP contribution >= 0.6 is 11.6 Å². The normalized spacial score (nSPS) is 11.8. The van der Waals surface area contributed by atoms with Crippen molar-refractivity contribution < 1.29 is 12.6 Å². The predicted molar refractivity (Wildman–Crippen MR) is 126 cm³/mol. The maximum atomic E-state index is 12.9. The van der Waals surface area contributed by atoms with Crippen molar-refractivity contribution in [2.45, 2.75) is 18.7 Å². The van der Waals surface area contributed by atoms with Crippen LogP contribution in [0.25, 0.3) is 10.8 Å². The van der Waals surface area contributed by atoms with Gasteiger partial charge in [0, 0.05) is 16.8 Å². The van der Waals surface area contributed by atoms with Crippen LogP contribution in [0, 0.1) is 13.8 Å². The first-order valence-electron chi connectivity index (χ1n) is 9.67. The number of benzene rings is 4. The van der Waals surface area contributed by atoms with Crippen LogP contribution in [0.2, 0.25) is 5.02 Å². The summed E-state index contributed by atoms with van der Waals surface area (Å²) in [4.78, 5) is 4.65. The molecule has 0 fully saturated rings. The lowest BCUT2D eigenvalue weighted by Crippen LogP contribution is -2.11. The summed E-state index contributed by atoms with van der Waals surface area (Å²) in [6, 6.07) is 23.0. The smallest absolute Gasteiger partial charge is 0.339 e. The van der Waals surface area contributed by atoms with Crippen molar-refractivity contribution in [1.82, 2.24) is 0 Å². The zero-order valence-corrected chi connectivity index (χ0v) is 18.6. The SMILES string of the molecule is Cc1ccc(N=Cc2c(OS(=O)(=O)c3ccc(Cl)cc3)ccc3ccccc23)c(C)c1. The first kappa shape index (κ1) is 21.1. The van der Waals surface area contributed by atoms with E-state index in [1.54, 1.807) is 12.3 Å². The summed E-state index contributed by atoms with van der Waals surface area (Å²) in [6.45, 7) is 4.02. The standard InChI is InChI=1S/C25H20ClNO3S/c1-17-7-13-24(18(2)15-17)27-16-23-22-6-4-3-5-19(22)8-14-25(23)30-31(28,29)21-11-9-20(26)10-12-21/h3-16H,1-2H3. The fraction of sp³-hybridized carbons (Fsp3) is 0.0800. The van der Waals surface area contributed by atoms with Crippen molar-refractivity contribution in [3.05, 3.63) is 101 Å². The van der Waals surface area contributed by atoms with E-state index in [2.05, 4.69) is 11.1 Å². The molecule has 4 aromatic carbocycles. The molecular weight excluding hydrogens is 430 g/mol. The molecule has 0 radical (unpaired) electrons. The molecule has 4 aromatic rings. The lowest BCUT2D eigenvalue weighted by atomic mass is 10.0. The van der Waals surface area contributed by atoms with Crippen molar-refractivity contribution in [2.75, 3.05) is 0 Å². The number of nitrogens with zero attached hydrogens (tertiary/aromatic N) is 1. The Morgan fingerprint density at radius 1 is 0.903 bits per heavy atom. The maximum absolute atomic E-state index is 12.9. The molecule has 0 atom stereocenters. The Morgan fingerprint density at radius 2 is 1.65 bits per heavy atom. The third-order valence-corrected chi connectivity index (χ3v) is 6.42. The van der Waals surface area contributed by atoms with Crippen LogP contribution in [0.5, 0.6) is 5.75 Å². The van der Waals surface area contributed by atoms with Crippen molar-refractivity contribution in [3.8, 4) is 5.75 Å². The summed E-state index contributed by atoms with van der Waals surface area (Å²) in [5.41, 5.74) is 3.59. The lowest BCUT2D eigenvalue weighted by molar-refractivity contribution is 0.486. The Labute approximate surface area is 186 Å². The topological polar surface area (TPSA) is 55.7 Å². The molecular formula is C25H20ClNO3S. The van der Waals surface area contributed by atoms with Crippen molar-refractivity contribution in [1.29, 1.82) is 0 Å². The van der Waals surface area contributed by atoms with Crippen LogP contribution in [0.3, 0.4) is 0 Å². The van der Waals surface area contributed by atoms with E-state index in [0.717, 1.165) is 27.6 Å². The van der Waals surface area contributed by atoms with E-state index in [4.69, 9.17) is 15.8 Å². The molecule has 156 valence electrons. The van der Waals surface area contributed by atoms with Crippen molar-refractivity contribution in [2.24, 2.45) is 4.99 Å². The quantitative estimate of drug-likeness (QED) is 0.254. The summed E-state index contributed by atoms with van der Waals surface area (Å²) in [5.74, 6) is 0.210. The molecule has 0 bridgehead atoms. The minimum absolute atomic E-state index is 0.0299. The zero-order chi connectivity index (χ0) is 22.0. The Balaban J connectivity index is 1.80. The summed E-state index contributed by atoms with van der Waals surface area (Å²) in [7, 11) is -4.04. The monoisotopic (exact) mass is 449 g/mol. The molecule has 4 nitrogen and oxygen atoms in total. The summed E-state index contributed by atoms with van der Waals surface area (Å²) < 4.78 is 31.3. The van der Waals surface area contributed by atoms with Crippen LogP contribution in [-0.2, 0) is 10.1 Å². The van der Waals surface area contributed by atoms with Crippen LogP contribution in [0.1, 0.15) is 16.7 Å². The van der Waals surface area contributed by atoms with E-state index in [1.807, 2.05) is 56.3 Å². The maximum Gasteiger partial charge on any atom is 0.339 e. The molecule has 0 aliphatic carbocycles. The Hall–Kier alpha value is -3.15. The minimum atomic E-state index is -4.04. The van der Waals surface area contributed by atoms with E-state index in [9.17, 15) is 8.42 Å². The number of hydrogen-bond donors (Lipinski definition) is 0. The number of aryl methyl sites for hydroxylation is 2. The van der Waals surface area contributed by atoms with Crippen LogP contribution in [0.4, 0.5) is 5.69 Å². The highest BCUT2D eigenvalue weighted by Crippen LogP contribution is 2.30. The molecule has 0 aliphatic heterocycles. The number of fused-ring (bicyclic) bond motifs is 1. The molecule has 0 aromatic heterocycles. The van der Waals surface area contributed by atoms with Crippen LogP contribution in [-0.4, -0.2) is 14.6 Å². The first-order valence-corrected chi connectivity index (χ1v) is 11.5. The average Bonchev–Trinajstić information content (AvgIpc) is 2.74. The lowest BCUT2D eigenvalue weighted by Gasteiger charge is -2.12. The molecule has 0 saturated carbocycles. The van der Waals surface area contributed by atoms with Gasteiger partial charge in [0.05, 0.1) is 5.69 Å². The average molecular weight is 450 g/mol. The van der Waals surface area contributed by atoms with E-state index in [-0.39, 0.29) is 10.6 Å². The van der Waals surface area contributed by atoms with Gasteiger partial charge in [0.1, 0.15) is 4.90 Å². The van der Waals surface area contributed by atoms with E-state index < -0.39 is 10.1 Å². The Bertz CT molecular complexity index is 1390. The first-order chi connectivity index (χ1) is 14.8. The third-order valence-electron chi connectivity index (χ3n) is 4.92. The summed E-state index contributed by atoms with van der Waals surface area (Å²) in [5, 5.41) is 2.26. The number of aliphatic imine (C=N–C) groups is 1. The van der Waals surface area contributed by atoms with Gasteiger partial charge in [-0.05, 0) is 66.6 Å². The van der Waals surface area contributed by atoms with Gasteiger partial charge in [-0.25, -0.2) is 0 Å². The van der Waals surface area contributed by atoms with Crippen LogP contribution in [0.15, 0.2) is 88.8 Å². The van der Waals surface area contributed by atoms with Gasteiger partial charge in [0.25, 0.3) is 0 Å². The molecule has 0 heterocycles. The van der Waals surface area contributed by atoms with Crippen LogP contribution < -0.4 is 4.18 Å². The minimum Gasteiger partial charge on any atom is -0.378 e. The van der Waals surface area contributed by atoms with Gasteiger partial charge < -0.3 is 4.18 Å². The molecule has 0 saturated heterocycles. The zero-order valence-electron chi connectivity index (χ0n) is 17.0. The van der Waals surface area contributed by atoms with Gasteiger partial charge in [-0.15, -0.1) is 0 Å². The number of halogens is 1. The van der Waals surface area contributed by atoms with Gasteiger partial charge >= 0.3 is 10.1 Å². The largest absolute Gasteiger partial charge is 0.378 e. The Kier molecular flexibility index (Phi) is 5.81. The highest BCUT2D eigenvalue weighted by molar-refractivity contribution is 7.87. The summed E-state index contributed by atoms with van der Waals surface area (Å²) >= 11 is 5.88. The summed E-state index contributed by atoms with van der Waals surface area (Å²) in [6.07, 6.45) is 1.66. The third kappa shape index (κ3) is 4.63. The van der Waals surface area contributed by atoms with Gasteiger partial charge in [0.2, 0.25) is 0 Å². The highest BCUT2D eigenvalue weighted by Gasteiger charge is 2.19. The Morgan fingerprint density at radius 3 is 2.39 bits per heavy atom. The van der Waals surface area contributed by atoms with Gasteiger partial charge in [-0.1, -0.05) is 59.6 Å². The van der Waals surface area contributed by atoms with Crippen molar-refractivity contribution >= 4 is 44.4 Å². The molecule has 6 heteroatoms. The highest BCUT2D eigenvalue weighted by atomic mass is 35.5. The van der Waals surface area contributed by atoms with Gasteiger partial charge in [0.15, 0.2) is 5.75 Å². The fourth-order valence-corrected chi connectivity index (χ4v) is 4.41. The second-order valence-corrected chi connectivity index (χ2v) is 9.22. The molecule has 4 rings (SSSR count).